The monoisotopic (exact) mass is 437 g/mol. The standard InChI is InChI=1S/C17H13Br2NO3/c1-22-10-5-3-9(4-6-10)11-8-20-13-7-12(18)17(23-2)15(19)14(13)16(11)21/h3-8,11H,1-2H3. The number of carbonyl (C=O) groups excluding carboxylic acids is 1. The molecule has 0 aromatic heterocycles. The molecule has 0 N–H and O–H groups in total. The molecule has 0 bridgehead atoms. The summed E-state index contributed by atoms with van der Waals surface area (Å²) in [5.41, 5.74) is 2.03. The second-order valence-corrected chi connectivity index (χ2v) is 6.64. The number of hydrogen-bond donors (Lipinski definition) is 0. The lowest BCUT2D eigenvalue weighted by atomic mass is 9.88. The minimum absolute atomic E-state index is 0.0159. The molecule has 0 amide bonds. The van der Waals surface area contributed by atoms with Crippen LogP contribution in [0, 0.1) is 0 Å². The number of ether oxygens (including phenoxy) is 2. The van der Waals surface area contributed by atoms with E-state index in [-0.39, 0.29) is 5.78 Å². The molecule has 1 atom stereocenters. The molecule has 118 valence electrons. The molecule has 0 radical (unpaired) electrons. The Labute approximate surface area is 150 Å². The van der Waals surface area contributed by atoms with Gasteiger partial charge in [-0.15, -0.1) is 0 Å². The van der Waals surface area contributed by atoms with Crippen LogP contribution in [0.25, 0.3) is 0 Å². The molecule has 6 heteroatoms. The van der Waals surface area contributed by atoms with Crippen LogP contribution in [0.2, 0.25) is 0 Å². The van der Waals surface area contributed by atoms with Crippen molar-refractivity contribution in [3.05, 3.63) is 50.4 Å². The number of hydrogen-bond acceptors (Lipinski definition) is 4. The first-order chi connectivity index (χ1) is 11.1. The fourth-order valence-electron chi connectivity index (χ4n) is 2.54. The predicted octanol–water partition coefficient (Wildman–Crippen LogP) is 4.91. The van der Waals surface area contributed by atoms with E-state index in [9.17, 15) is 4.79 Å². The number of nitrogens with zero attached hydrogens (tertiary/aromatic N) is 1. The highest BCUT2D eigenvalue weighted by Gasteiger charge is 2.30. The Morgan fingerprint density at radius 3 is 2.39 bits per heavy atom. The molecule has 0 spiro atoms. The molecule has 1 unspecified atom stereocenters. The fourth-order valence-corrected chi connectivity index (χ4v) is 4.16. The van der Waals surface area contributed by atoms with Gasteiger partial charge in [0, 0.05) is 6.21 Å². The van der Waals surface area contributed by atoms with Crippen LogP contribution in [0.15, 0.2) is 44.3 Å². The Balaban J connectivity index is 2.06. The molecule has 0 fully saturated rings. The predicted molar refractivity (Wildman–Crippen MR) is 96.6 cm³/mol. The molecule has 3 rings (SSSR count). The zero-order valence-electron chi connectivity index (χ0n) is 12.5. The van der Waals surface area contributed by atoms with Crippen molar-refractivity contribution in [2.45, 2.75) is 5.92 Å². The highest BCUT2D eigenvalue weighted by Crippen LogP contribution is 2.44. The van der Waals surface area contributed by atoms with Gasteiger partial charge in [0.25, 0.3) is 0 Å². The van der Waals surface area contributed by atoms with Crippen molar-refractivity contribution in [1.82, 2.24) is 0 Å². The third-order valence-electron chi connectivity index (χ3n) is 3.73. The van der Waals surface area contributed by atoms with Crippen molar-refractivity contribution in [3.63, 3.8) is 0 Å². The van der Waals surface area contributed by atoms with Gasteiger partial charge in [-0.1, -0.05) is 12.1 Å². The van der Waals surface area contributed by atoms with Gasteiger partial charge in [0.1, 0.15) is 11.5 Å². The lowest BCUT2D eigenvalue weighted by Gasteiger charge is -2.21. The Hall–Kier alpha value is -1.66. The van der Waals surface area contributed by atoms with Crippen LogP contribution in [0.4, 0.5) is 5.69 Å². The van der Waals surface area contributed by atoms with E-state index in [1.165, 1.54) is 0 Å². The number of aliphatic imine (C=N–C) groups is 1. The molecule has 1 aliphatic rings. The molecular formula is C17H13Br2NO3. The Morgan fingerprint density at radius 2 is 1.78 bits per heavy atom. The molecule has 0 aliphatic carbocycles. The van der Waals surface area contributed by atoms with Gasteiger partial charge in [0.2, 0.25) is 0 Å². The lowest BCUT2D eigenvalue weighted by molar-refractivity contribution is 0.0982. The van der Waals surface area contributed by atoms with E-state index in [4.69, 9.17) is 9.47 Å². The summed E-state index contributed by atoms with van der Waals surface area (Å²) in [6.07, 6.45) is 1.68. The highest BCUT2D eigenvalue weighted by atomic mass is 79.9. The molecule has 4 nitrogen and oxygen atoms in total. The van der Waals surface area contributed by atoms with E-state index in [2.05, 4.69) is 36.9 Å². The first-order valence-corrected chi connectivity index (χ1v) is 8.43. The normalized spacial score (nSPS) is 16.2. The minimum Gasteiger partial charge on any atom is -0.497 e. The van der Waals surface area contributed by atoms with Crippen LogP contribution in [-0.4, -0.2) is 26.2 Å². The number of methoxy groups -OCH3 is 2. The summed E-state index contributed by atoms with van der Waals surface area (Å²) < 4.78 is 11.9. The second-order valence-electron chi connectivity index (χ2n) is 4.99. The second kappa shape index (κ2) is 6.45. The summed E-state index contributed by atoms with van der Waals surface area (Å²) in [7, 11) is 3.18. The van der Waals surface area contributed by atoms with Gasteiger partial charge in [-0.3, -0.25) is 9.79 Å². The molecule has 2 aromatic rings. The van der Waals surface area contributed by atoms with Crippen LogP contribution < -0.4 is 9.47 Å². The summed E-state index contributed by atoms with van der Waals surface area (Å²) in [4.78, 5) is 17.4. The Bertz CT molecular complexity index is 800. The minimum atomic E-state index is -0.421. The maximum atomic E-state index is 12.9. The van der Waals surface area contributed by atoms with Gasteiger partial charge < -0.3 is 9.47 Å². The lowest BCUT2D eigenvalue weighted by Crippen LogP contribution is -2.18. The van der Waals surface area contributed by atoms with Crippen LogP contribution in [-0.2, 0) is 0 Å². The number of fused-ring (bicyclic) bond motifs is 1. The van der Waals surface area contributed by atoms with Crippen molar-refractivity contribution in [2.75, 3.05) is 14.2 Å². The van der Waals surface area contributed by atoms with Crippen LogP contribution >= 0.6 is 31.9 Å². The average Bonchev–Trinajstić information content (AvgIpc) is 2.55. The number of rotatable bonds is 3. The van der Waals surface area contributed by atoms with Gasteiger partial charge in [-0.2, -0.15) is 0 Å². The van der Waals surface area contributed by atoms with E-state index in [0.29, 0.717) is 21.5 Å². The zero-order valence-corrected chi connectivity index (χ0v) is 15.6. The number of ketones is 1. The van der Waals surface area contributed by atoms with Crippen molar-refractivity contribution in [3.8, 4) is 11.5 Å². The molecule has 0 saturated carbocycles. The van der Waals surface area contributed by atoms with E-state index in [0.717, 1.165) is 15.8 Å². The van der Waals surface area contributed by atoms with E-state index in [1.54, 1.807) is 26.5 Å². The first kappa shape index (κ1) is 16.2. The van der Waals surface area contributed by atoms with E-state index in [1.807, 2.05) is 24.3 Å². The maximum absolute atomic E-state index is 12.9. The van der Waals surface area contributed by atoms with E-state index >= 15 is 0 Å². The smallest absolute Gasteiger partial charge is 0.179 e. The van der Waals surface area contributed by atoms with E-state index < -0.39 is 5.92 Å². The van der Waals surface area contributed by atoms with Crippen molar-refractivity contribution >= 4 is 49.5 Å². The summed E-state index contributed by atoms with van der Waals surface area (Å²) in [6, 6.07) is 9.22. The zero-order chi connectivity index (χ0) is 16.6. The van der Waals surface area contributed by atoms with Gasteiger partial charge in [0.05, 0.1) is 40.3 Å². The fraction of sp³-hybridized carbons (Fsp3) is 0.176. The molecule has 1 heterocycles. The van der Waals surface area contributed by atoms with Gasteiger partial charge in [-0.25, -0.2) is 0 Å². The SMILES string of the molecule is COc1ccc(C2C=Nc3cc(Br)c(OC)c(Br)c3C2=O)cc1. The number of halogens is 2. The largest absolute Gasteiger partial charge is 0.497 e. The quantitative estimate of drug-likeness (QED) is 0.683. The third kappa shape index (κ3) is 2.81. The first-order valence-electron chi connectivity index (χ1n) is 6.85. The summed E-state index contributed by atoms with van der Waals surface area (Å²) >= 11 is 6.90. The van der Waals surface area contributed by atoms with Gasteiger partial charge >= 0.3 is 0 Å². The Morgan fingerprint density at radius 1 is 1.09 bits per heavy atom. The molecular weight excluding hydrogens is 426 g/mol. The molecule has 2 aromatic carbocycles. The number of carbonyl (C=O) groups is 1. The van der Waals surface area contributed by atoms with Crippen molar-refractivity contribution in [1.29, 1.82) is 0 Å². The molecule has 0 saturated heterocycles. The van der Waals surface area contributed by atoms with Gasteiger partial charge in [-0.05, 0) is 55.6 Å². The topological polar surface area (TPSA) is 47.9 Å². The van der Waals surface area contributed by atoms with Crippen molar-refractivity contribution in [2.24, 2.45) is 4.99 Å². The average molecular weight is 439 g/mol. The third-order valence-corrected chi connectivity index (χ3v) is 5.07. The summed E-state index contributed by atoms with van der Waals surface area (Å²) in [6.45, 7) is 0. The summed E-state index contributed by atoms with van der Waals surface area (Å²) in [5, 5.41) is 0. The van der Waals surface area contributed by atoms with Crippen LogP contribution in [0.1, 0.15) is 21.8 Å². The highest BCUT2D eigenvalue weighted by molar-refractivity contribution is 9.11. The molecule has 23 heavy (non-hydrogen) atoms. The molecule has 1 aliphatic heterocycles. The van der Waals surface area contributed by atoms with Crippen LogP contribution in [0.3, 0.4) is 0 Å². The number of Topliss-reactive ketones (excluding diaryl/α,β-unsaturated/α-hetero) is 1. The maximum Gasteiger partial charge on any atom is 0.179 e. The van der Waals surface area contributed by atoms with Gasteiger partial charge in [0.15, 0.2) is 5.78 Å². The van der Waals surface area contributed by atoms with Crippen LogP contribution in [0.5, 0.6) is 11.5 Å². The number of benzene rings is 2. The van der Waals surface area contributed by atoms with Crippen molar-refractivity contribution < 1.29 is 14.3 Å². The summed E-state index contributed by atoms with van der Waals surface area (Å²) in [5.74, 6) is 0.900. The Kier molecular flexibility index (Phi) is 4.55.